The van der Waals surface area contributed by atoms with Crippen LogP contribution in [0.4, 0.5) is 4.39 Å². The quantitative estimate of drug-likeness (QED) is 0.884. The summed E-state index contributed by atoms with van der Waals surface area (Å²) in [4.78, 5) is 26.8. The Morgan fingerprint density at radius 1 is 1.46 bits per heavy atom. The van der Waals surface area contributed by atoms with Gasteiger partial charge in [0.25, 0.3) is 5.91 Å². The number of hydrogen-bond donors (Lipinski definition) is 2. The molecule has 2 atom stereocenters. The first kappa shape index (κ1) is 16.6. The zero-order valence-corrected chi connectivity index (χ0v) is 13.6. The standard InChI is InChI=1S/C18H21FN2O3/c1-11(4-6-13-3-2-8-24-13)20-18(23)15-10-17(22)21-16-9-12(19)5-7-14(15)16/h5,7,9-11,13H,2-4,6,8H2,1H3,(H,20,23)(H,21,22). The molecule has 0 radical (unpaired) electrons. The van der Waals surface area contributed by atoms with Crippen LogP contribution in [0.2, 0.25) is 0 Å². The van der Waals surface area contributed by atoms with Gasteiger partial charge in [-0.2, -0.15) is 0 Å². The maximum atomic E-state index is 13.3. The normalized spacial score (nSPS) is 18.7. The Hall–Kier alpha value is -2.21. The first-order chi connectivity index (χ1) is 11.5. The molecule has 1 aromatic carbocycles. The molecule has 0 spiro atoms. The fraction of sp³-hybridized carbons (Fsp3) is 0.444. The number of carbonyl (C=O) groups is 1. The van der Waals surface area contributed by atoms with E-state index in [0.29, 0.717) is 10.9 Å². The second-order valence-corrected chi connectivity index (χ2v) is 6.32. The molecule has 1 aliphatic heterocycles. The van der Waals surface area contributed by atoms with E-state index in [2.05, 4.69) is 10.3 Å². The molecule has 24 heavy (non-hydrogen) atoms. The highest BCUT2D eigenvalue weighted by Crippen LogP contribution is 2.19. The molecule has 6 heteroatoms. The Labute approximate surface area is 139 Å². The van der Waals surface area contributed by atoms with Crippen LogP contribution in [0.3, 0.4) is 0 Å². The van der Waals surface area contributed by atoms with Gasteiger partial charge in [-0.05, 0) is 50.8 Å². The minimum absolute atomic E-state index is 0.0310. The fourth-order valence-corrected chi connectivity index (χ4v) is 3.10. The Bertz CT molecular complexity index is 796. The third-order valence-electron chi connectivity index (χ3n) is 4.37. The number of carbonyl (C=O) groups excluding carboxylic acids is 1. The van der Waals surface area contributed by atoms with Gasteiger partial charge >= 0.3 is 0 Å². The van der Waals surface area contributed by atoms with E-state index in [4.69, 9.17) is 4.74 Å². The van der Waals surface area contributed by atoms with Gasteiger partial charge < -0.3 is 15.0 Å². The molecule has 1 fully saturated rings. The van der Waals surface area contributed by atoms with Crippen molar-refractivity contribution < 1.29 is 13.9 Å². The van der Waals surface area contributed by atoms with E-state index in [1.807, 2.05) is 6.92 Å². The van der Waals surface area contributed by atoms with Crippen LogP contribution < -0.4 is 10.9 Å². The predicted molar refractivity (Wildman–Crippen MR) is 89.7 cm³/mol. The molecule has 2 N–H and O–H groups in total. The second-order valence-electron chi connectivity index (χ2n) is 6.32. The first-order valence-electron chi connectivity index (χ1n) is 8.28. The number of pyridine rings is 1. The van der Waals surface area contributed by atoms with E-state index >= 15 is 0 Å². The van der Waals surface area contributed by atoms with E-state index in [1.165, 1.54) is 24.3 Å². The van der Waals surface area contributed by atoms with Gasteiger partial charge in [0, 0.05) is 24.1 Å². The molecule has 2 heterocycles. The maximum absolute atomic E-state index is 13.3. The molecular weight excluding hydrogens is 311 g/mol. The summed E-state index contributed by atoms with van der Waals surface area (Å²) in [5.41, 5.74) is 0.155. The van der Waals surface area contributed by atoms with Crippen molar-refractivity contribution in [2.75, 3.05) is 6.61 Å². The number of aromatic nitrogens is 1. The van der Waals surface area contributed by atoms with Crippen molar-refractivity contribution in [2.24, 2.45) is 0 Å². The second kappa shape index (κ2) is 7.13. The van der Waals surface area contributed by atoms with Gasteiger partial charge in [0.15, 0.2) is 0 Å². The summed E-state index contributed by atoms with van der Waals surface area (Å²) in [7, 11) is 0. The molecule has 1 aromatic heterocycles. The molecule has 2 unspecified atom stereocenters. The van der Waals surface area contributed by atoms with Crippen LogP contribution in [0.1, 0.15) is 43.0 Å². The van der Waals surface area contributed by atoms with Gasteiger partial charge in [-0.15, -0.1) is 0 Å². The lowest BCUT2D eigenvalue weighted by atomic mass is 10.1. The van der Waals surface area contributed by atoms with Crippen LogP contribution in [0.25, 0.3) is 10.9 Å². The van der Waals surface area contributed by atoms with Gasteiger partial charge in [0.1, 0.15) is 5.82 Å². The van der Waals surface area contributed by atoms with Crippen molar-refractivity contribution >= 4 is 16.8 Å². The number of hydrogen-bond acceptors (Lipinski definition) is 3. The summed E-state index contributed by atoms with van der Waals surface area (Å²) in [5, 5.41) is 3.44. The van der Waals surface area contributed by atoms with E-state index < -0.39 is 11.4 Å². The lowest BCUT2D eigenvalue weighted by Gasteiger charge is -2.17. The smallest absolute Gasteiger partial charge is 0.252 e. The minimum atomic E-state index is -0.458. The van der Waals surface area contributed by atoms with Crippen molar-refractivity contribution in [1.82, 2.24) is 10.3 Å². The van der Waals surface area contributed by atoms with Gasteiger partial charge in [0.2, 0.25) is 5.56 Å². The number of fused-ring (bicyclic) bond motifs is 1. The summed E-state index contributed by atoms with van der Waals surface area (Å²) < 4.78 is 18.9. The third kappa shape index (κ3) is 3.82. The Kier molecular flexibility index (Phi) is 4.94. The highest BCUT2D eigenvalue weighted by atomic mass is 19.1. The van der Waals surface area contributed by atoms with Crippen LogP contribution in [0.15, 0.2) is 29.1 Å². The minimum Gasteiger partial charge on any atom is -0.378 e. The molecule has 0 bridgehead atoms. The average Bonchev–Trinajstić information content (AvgIpc) is 3.05. The SMILES string of the molecule is CC(CCC1CCCO1)NC(=O)c1cc(=O)[nH]c2cc(F)ccc12. The first-order valence-corrected chi connectivity index (χ1v) is 8.28. The molecule has 0 saturated carbocycles. The van der Waals surface area contributed by atoms with Gasteiger partial charge in [0.05, 0.1) is 17.2 Å². The molecule has 5 nitrogen and oxygen atoms in total. The lowest BCUT2D eigenvalue weighted by molar-refractivity contribution is 0.0900. The van der Waals surface area contributed by atoms with Crippen molar-refractivity contribution in [3.8, 4) is 0 Å². The highest BCUT2D eigenvalue weighted by molar-refractivity contribution is 6.06. The van der Waals surface area contributed by atoms with E-state index in [0.717, 1.165) is 32.3 Å². The van der Waals surface area contributed by atoms with Crippen LogP contribution >= 0.6 is 0 Å². The monoisotopic (exact) mass is 332 g/mol. The summed E-state index contributed by atoms with van der Waals surface area (Å²) in [5.74, 6) is -0.779. The van der Waals surface area contributed by atoms with Crippen LogP contribution in [0, 0.1) is 5.82 Å². The molecule has 1 saturated heterocycles. The largest absolute Gasteiger partial charge is 0.378 e. The van der Waals surface area contributed by atoms with E-state index in [-0.39, 0.29) is 23.6 Å². The average molecular weight is 332 g/mol. The predicted octanol–water partition coefficient (Wildman–Crippen LogP) is 2.74. The zero-order valence-electron chi connectivity index (χ0n) is 13.6. The van der Waals surface area contributed by atoms with Crippen molar-refractivity contribution in [2.45, 2.75) is 44.8 Å². The van der Waals surface area contributed by atoms with Crippen molar-refractivity contribution in [1.29, 1.82) is 0 Å². The van der Waals surface area contributed by atoms with Gasteiger partial charge in [-0.1, -0.05) is 0 Å². The van der Waals surface area contributed by atoms with Crippen molar-refractivity contribution in [3.05, 3.63) is 46.0 Å². The summed E-state index contributed by atoms with van der Waals surface area (Å²) in [6.45, 7) is 2.75. The van der Waals surface area contributed by atoms with Gasteiger partial charge in [-0.25, -0.2) is 4.39 Å². The lowest BCUT2D eigenvalue weighted by Crippen LogP contribution is -2.34. The Morgan fingerprint density at radius 2 is 2.29 bits per heavy atom. The number of rotatable bonds is 5. The van der Waals surface area contributed by atoms with Gasteiger partial charge in [-0.3, -0.25) is 9.59 Å². The molecule has 128 valence electrons. The zero-order chi connectivity index (χ0) is 17.1. The Balaban J connectivity index is 1.72. The van der Waals surface area contributed by atoms with Crippen LogP contribution in [-0.2, 0) is 4.74 Å². The van der Waals surface area contributed by atoms with E-state index in [9.17, 15) is 14.0 Å². The molecule has 3 rings (SSSR count). The number of halogens is 1. The maximum Gasteiger partial charge on any atom is 0.252 e. The fourth-order valence-electron chi connectivity index (χ4n) is 3.10. The van der Waals surface area contributed by atoms with Crippen LogP contribution in [-0.4, -0.2) is 29.6 Å². The number of aromatic amines is 1. The molecule has 2 aromatic rings. The summed E-state index contributed by atoms with van der Waals surface area (Å²) >= 11 is 0. The number of benzene rings is 1. The number of amides is 1. The molecule has 1 aliphatic rings. The number of ether oxygens (including phenoxy) is 1. The highest BCUT2D eigenvalue weighted by Gasteiger charge is 2.18. The molecular formula is C18H21FN2O3. The summed E-state index contributed by atoms with van der Waals surface area (Å²) in [6.07, 6.45) is 4.17. The van der Waals surface area contributed by atoms with E-state index in [1.54, 1.807) is 0 Å². The Morgan fingerprint density at radius 3 is 3.04 bits per heavy atom. The van der Waals surface area contributed by atoms with Crippen molar-refractivity contribution in [3.63, 3.8) is 0 Å². The number of H-pyrrole nitrogens is 1. The van der Waals surface area contributed by atoms with Crippen LogP contribution in [0.5, 0.6) is 0 Å². The topological polar surface area (TPSA) is 71.2 Å². The molecule has 0 aliphatic carbocycles. The number of nitrogens with one attached hydrogen (secondary N) is 2. The summed E-state index contributed by atoms with van der Waals surface area (Å²) in [6, 6.07) is 5.22. The molecule has 1 amide bonds. The third-order valence-corrected chi connectivity index (χ3v) is 4.37.